The summed E-state index contributed by atoms with van der Waals surface area (Å²) in [6, 6.07) is 12.1. The molecule has 2 aromatic rings. The number of benzene rings is 2. The first-order chi connectivity index (χ1) is 12.6. The molecule has 0 unspecified atom stereocenters. The van der Waals surface area contributed by atoms with Crippen LogP contribution >= 0.6 is 15.9 Å². The second-order valence-corrected chi connectivity index (χ2v) is 7.93. The van der Waals surface area contributed by atoms with E-state index in [0.717, 1.165) is 22.2 Å². The van der Waals surface area contributed by atoms with E-state index in [1.807, 2.05) is 24.3 Å². The number of sulfonamides is 1. The van der Waals surface area contributed by atoms with Gasteiger partial charge in [-0.3, -0.25) is 4.79 Å². The Kier molecular flexibility index (Phi) is 6.79. The van der Waals surface area contributed by atoms with Gasteiger partial charge in [-0.25, -0.2) is 13.1 Å². The number of hydrogen-bond donors (Lipinski definition) is 2. The number of amides is 1. The predicted molar refractivity (Wildman–Crippen MR) is 99.5 cm³/mol. The number of nitrogens with one attached hydrogen (secondary N) is 2. The lowest BCUT2D eigenvalue weighted by molar-refractivity contribution is -0.121. The summed E-state index contributed by atoms with van der Waals surface area (Å²) in [5.41, 5.74) is 1.09. The first-order valence-corrected chi connectivity index (χ1v) is 9.74. The van der Waals surface area contributed by atoms with Gasteiger partial charge in [-0.15, -0.1) is 0 Å². The number of carbonyl (C=O) groups excluding carboxylic acids is 1. The van der Waals surface area contributed by atoms with Crippen molar-refractivity contribution < 1.29 is 26.4 Å². The normalized spacial score (nSPS) is 12.3. The summed E-state index contributed by atoms with van der Waals surface area (Å²) in [6.45, 7) is -1.66. The van der Waals surface area contributed by atoms with Crippen LogP contribution in [0, 0.1) is 0 Å². The molecule has 144 valence electrons. The number of anilines is 1. The average molecular weight is 463 g/mol. The highest BCUT2D eigenvalue weighted by Gasteiger charge is 2.30. The van der Waals surface area contributed by atoms with Crippen LogP contribution < -0.4 is 10.0 Å². The predicted octanol–water partition coefficient (Wildman–Crippen LogP) is 3.94. The van der Waals surface area contributed by atoms with Gasteiger partial charge in [-0.1, -0.05) is 34.1 Å². The van der Waals surface area contributed by atoms with Crippen LogP contribution in [0.1, 0.15) is 5.56 Å². The molecule has 0 aliphatic carbocycles. The summed E-state index contributed by atoms with van der Waals surface area (Å²) in [5, 5.41) is 2.53. The van der Waals surface area contributed by atoms with Crippen molar-refractivity contribution in [3.8, 4) is 0 Å². The zero-order valence-corrected chi connectivity index (χ0v) is 16.0. The zero-order chi connectivity index (χ0) is 20.1. The SMILES string of the molecule is O=C(/C=C/c1ccccc1Br)Nc1ccc(S(=O)(=O)NCC(F)(F)F)cc1. The van der Waals surface area contributed by atoms with Gasteiger partial charge in [0.25, 0.3) is 0 Å². The molecule has 0 atom stereocenters. The number of halogens is 4. The quantitative estimate of drug-likeness (QED) is 0.638. The standard InChI is InChI=1S/C17H14BrF3N2O3S/c18-15-4-2-1-3-12(15)5-10-16(24)23-13-6-8-14(9-7-13)27(25,26)22-11-17(19,20)21/h1-10,22H,11H2,(H,23,24)/b10-5+. The molecule has 2 aromatic carbocycles. The van der Waals surface area contributed by atoms with Crippen molar-refractivity contribution in [3.05, 3.63) is 64.6 Å². The van der Waals surface area contributed by atoms with Crippen LogP contribution in [0.25, 0.3) is 6.08 Å². The fourth-order valence-corrected chi connectivity index (χ4v) is 3.37. The molecule has 0 radical (unpaired) electrons. The molecule has 0 aliphatic heterocycles. The third-order valence-corrected chi connectivity index (χ3v) is 5.35. The molecule has 0 spiro atoms. The van der Waals surface area contributed by atoms with E-state index in [0.29, 0.717) is 5.69 Å². The molecule has 0 aliphatic rings. The zero-order valence-electron chi connectivity index (χ0n) is 13.6. The minimum atomic E-state index is -4.65. The Hall–Kier alpha value is -2.17. The smallest absolute Gasteiger partial charge is 0.323 e. The second-order valence-electron chi connectivity index (χ2n) is 5.31. The van der Waals surface area contributed by atoms with Crippen molar-refractivity contribution >= 4 is 43.6 Å². The van der Waals surface area contributed by atoms with E-state index >= 15 is 0 Å². The van der Waals surface area contributed by atoms with E-state index in [4.69, 9.17) is 0 Å². The van der Waals surface area contributed by atoms with Gasteiger partial charge in [0.15, 0.2) is 0 Å². The number of alkyl halides is 3. The maximum atomic E-state index is 12.1. The fraction of sp³-hybridized carbons (Fsp3) is 0.118. The molecule has 0 saturated heterocycles. The summed E-state index contributed by atoms with van der Waals surface area (Å²) >= 11 is 3.35. The summed E-state index contributed by atoms with van der Waals surface area (Å²) < 4.78 is 62.3. The minimum Gasteiger partial charge on any atom is -0.323 e. The van der Waals surface area contributed by atoms with Gasteiger partial charge < -0.3 is 5.32 Å². The average Bonchev–Trinajstić information content (AvgIpc) is 2.59. The Morgan fingerprint density at radius 2 is 1.70 bits per heavy atom. The topological polar surface area (TPSA) is 75.3 Å². The molecule has 0 bridgehead atoms. The van der Waals surface area contributed by atoms with E-state index in [1.54, 1.807) is 6.08 Å². The van der Waals surface area contributed by atoms with Gasteiger partial charge in [0.1, 0.15) is 6.54 Å². The molecule has 2 N–H and O–H groups in total. The third kappa shape index (κ3) is 6.81. The van der Waals surface area contributed by atoms with Crippen LogP contribution in [-0.4, -0.2) is 27.0 Å². The molecular formula is C17H14BrF3N2O3S. The van der Waals surface area contributed by atoms with Gasteiger partial charge in [0.2, 0.25) is 15.9 Å². The van der Waals surface area contributed by atoms with Crippen molar-refractivity contribution in [1.29, 1.82) is 0 Å². The maximum absolute atomic E-state index is 12.1. The molecule has 0 heterocycles. The summed E-state index contributed by atoms with van der Waals surface area (Å²) in [6.07, 6.45) is -1.75. The summed E-state index contributed by atoms with van der Waals surface area (Å²) in [4.78, 5) is 11.6. The molecule has 2 rings (SSSR count). The highest BCUT2D eigenvalue weighted by molar-refractivity contribution is 9.10. The van der Waals surface area contributed by atoms with E-state index in [2.05, 4.69) is 21.2 Å². The highest BCUT2D eigenvalue weighted by Crippen LogP contribution is 2.18. The monoisotopic (exact) mass is 462 g/mol. The highest BCUT2D eigenvalue weighted by atomic mass is 79.9. The van der Waals surface area contributed by atoms with E-state index in [9.17, 15) is 26.4 Å². The number of hydrogen-bond acceptors (Lipinski definition) is 3. The maximum Gasteiger partial charge on any atom is 0.402 e. The Bertz CT molecular complexity index is 943. The minimum absolute atomic E-state index is 0.298. The van der Waals surface area contributed by atoms with Crippen molar-refractivity contribution in [2.45, 2.75) is 11.1 Å². The number of carbonyl (C=O) groups is 1. The Morgan fingerprint density at radius 3 is 2.30 bits per heavy atom. The van der Waals surface area contributed by atoms with Crippen LogP contribution in [0.15, 0.2) is 64.0 Å². The Morgan fingerprint density at radius 1 is 1.07 bits per heavy atom. The summed E-state index contributed by atoms with van der Waals surface area (Å²) in [7, 11) is -4.29. The molecular weight excluding hydrogens is 449 g/mol. The molecule has 1 amide bonds. The van der Waals surface area contributed by atoms with Crippen LogP contribution in [0.4, 0.5) is 18.9 Å². The summed E-state index contributed by atoms with van der Waals surface area (Å²) in [5.74, 6) is -0.448. The van der Waals surface area contributed by atoms with Gasteiger partial charge in [0.05, 0.1) is 4.90 Å². The lowest BCUT2D eigenvalue weighted by Gasteiger charge is -2.10. The second kappa shape index (κ2) is 8.68. The van der Waals surface area contributed by atoms with Crippen LogP contribution in [0.3, 0.4) is 0 Å². The third-order valence-electron chi connectivity index (χ3n) is 3.21. The molecule has 10 heteroatoms. The first kappa shape index (κ1) is 21.1. The van der Waals surface area contributed by atoms with Crippen molar-refractivity contribution in [3.63, 3.8) is 0 Å². The lowest BCUT2D eigenvalue weighted by atomic mass is 10.2. The van der Waals surface area contributed by atoms with Crippen LogP contribution in [0.2, 0.25) is 0 Å². The van der Waals surface area contributed by atoms with Crippen LogP contribution in [0.5, 0.6) is 0 Å². The Labute approximate surface area is 162 Å². The van der Waals surface area contributed by atoms with Gasteiger partial charge in [0, 0.05) is 16.2 Å². The van der Waals surface area contributed by atoms with Gasteiger partial charge in [-0.2, -0.15) is 13.2 Å². The van der Waals surface area contributed by atoms with E-state index < -0.39 is 28.7 Å². The Balaban J connectivity index is 2.01. The van der Waals surface area contributed by atoms with E-state index in [1.165, 1.54) is 22.9 Å². The number of rotatable bonds is 6. The van der Waals surface area contributed by atoms with Crippen molar-refractivity contribution in [1.82, 2.24) is 4.72 Å². The molecule has 5 nitrogen and oxygen atoms in total. The van der Waals surface area contributed by atoms with Crippen molar-refractivity contribution in [2.24, 2.45) is 0 Å². The molecule has 27 heavy (non-hydrogen) atoms. The molecule has 0 aromatic heterocycles. The van der Waals surface area contributed by atoms with E-state index in [-0.39, 0.29) is 4.90 Å². The molecule has 0 fully saturated rings. The van der Waals surface area contributed by atoms with Crippen LogP contribution in [-0.2, 0) is 14.8 Å². The largest absolute Gasteiger partial charge is 0.402 e. The van der Waals surface area contributed by atoms with Gasteiger partial charge in [-0.05, 0) is 42.0 Å². The first-order valence-electron chi connectivity index (χ1n) is 7.47. The molecule has 0 saturated carbocycles. The lowest BCUT2D eigenvalue weighted by Crippen LogP contribution is -2.33. The van der Waals surface area contributed by atoms with Crippen molar-refractivity contribution in [2.75, 3.05) is 11.9 Å². The van der Waals surface area contributed by atoms with Gasteiger partial charge >= 0.3 is 6.18 Å². The fourth-order valence-electron chi connectivity index (χ4n) is 1.94.